The molecule has 0 aliphatic rings. The highest BCUT2D eigenvalue weighted by molar-refractivity contribution is 5.70. The highest BCUT2D eigenvalue weighted by Crippen LogP contribution is 2.32. The molecule has 0 fully saturated rings. The minimum absolute atomic E-state index is 0.0291. The van der Waals surface area contributed by atoms with Crippen molar-refractivity contribution in [3.05, 3.63) is 35.9 Å². The molecule has 0 saturated heterocycles. The van der Waals surface area contributed by atoms with Crippen LogP contribution in [0.5, 0.6) is 0 Å². The average Bonchev–Trinajstić information content (AvgIpc) is 2.27. The van der Waals surface area contributed by atoms with Crippen molar-refractivity contribution >= 4 is 11.9 Å². The summed E-state index contributed by atoms with van der Waals surface area (Å²) in [4.78, 5) is 21.5. The van der Waals surface area contributed by atoms with Gasteiger partial charge in [0, 0.05) is 11.8 Å². The minimum Gasteiger partial charge on any atom is -0.481 e. The number of carboxylic acid groups (broad SMARTS) is 2. The summed E-state index contributed by atoms with van der Waals surface area (Å²) in [7, 11) is 0. The second kappa shape index (κ2) is 5.48. The van der Waals surface area contributed by atoms with Gasteiger partial charge in [-0.2, -0.15) is 0 Å². The fraction of sp³-hybridized carbons (Fsp3) is 0.385. The number of hydrogen-bond donors (Lipinski definition) is 2. The second-order valence-corrected chi connectivity index (χ2v) is 4.39. The Morgan fingerprint density at radius 2 is 1.71 bits per heavy atom. The zero-order valence-electron chi connectivity index (χ0n) is 9.72. The first-order chi connectivity index (χ1) is 7.94. The Morgan fingerprint density at radius 1 is 1.12 bits per heavy atom. The lowest BCUT2D eigenvalue weighted by molar-refractivity contribution is -0.140. The quantitative estimate of drug-likeness (QED) is 0.794. The number of hydrogen-bond acceptors (Lipinski definition) is 2. The van der Waals surface area contributed by atoms with E-state index in [1.807, 2.05) is 30.3 Å². The monoisotopic (exact) mass is 236 g/mol. The summed E-state index contributed by atoms with van der Waals surface area (Å²) >= 11 is 0. The first kappa shape index (κ1) is 13.2. The Bertz CT molecular complexity index is 399. The zero-order chi connectivity index (χ0) is 12.9. The van der Waals surface area contributed by atoms with Gasteiger partial charge in [-0.25, -0.2) is 0 Å². The maximum atomic E-state index is 10.9. The molecule has 92 valence electrons. The molecule has 0 bridgehead atoms. The van der Waals surface area contributed by atoms with Crippen LogP contribution in [0.4, 0.5) is 0 Å². The van der Waals surface area contributed by atoms with Crippen molar-refractivity contribution in [1.82, 2.24) is 0 Å². The van der Waals surface area contributed by atoms with Crippen molar-refractivity contribution in [2.24, 2.45) is 0 Å². The lowest BCUT2D eigenvalue weighted by Gasteiger charge is -2.28. The van der Waals surface area contributed by atoms with E-state index in [2.05, 4.69) is 0 Å². The van der Waals surface area contributed by atoms with Gasteiger partial charge in [-0.1, -0.05) is 37.3 Å². The average molecular weight is 236 g/mol. The number of carbonyl (C=O) groups is 2. The van der Waals surface area contributed by atoms with E-state index in [9.17, 15) is 9.59 Å². The highest BCUT2D eigenvalue weighted by atomic mass is 16.4. The van der Waals surface area contributed by atoms with Crippen LogP contribution < -0.4 is 0 Å². The minimum atomic E-state index is -0.915. The van der Waals surface area contributed by atoms with Crippen molar-refractivity contribution in [3.63, 3.8) is 0 Å². The molecule has 0 spiro atoms. The van der Waals surface area contributed by atoms with Gasteiger partial charge in [0.15, 0.2) is 0 Å². The number of benzene rings is 1. The van der Waals surface area contributed by atoms with Gasteiger partial charge >= 0.3 is 11.9 Å². The lowest BCUT2D eigenvalue weighted by atomic mass is 9.76. The summed E-state index contributed by atoms with van der Waals surface area (Å²) in [5.74, 6) is -1.82. The molecular weight excluding hydrogens is 220 g/mol. The molecule has 0 unspecified atom stereocenters. The van der Waals surface area contributed by atoms with Gasteiger partial charge in [0.05, 0.1) is 6.42 Å². The zero-order valence-corrected chi connectivity index (χ0v) is 9.72. The van der Waals surface area contributed by atoms with Crippen LogP contribution in [0.1, 0.15) is 31.7 Å². The smallest absolute Gasteiger partial charge is 0.304 e. The molecule has 0 heterocycles. The molecule has 17 heavy (non-hydrogen) atoms. The molecule has 1 rings (SSSR count). The van der Waals surface area contributed by atoms with Gasteiger partial charge in [0.25, 0.3) is 0 Å². The van der Waals surface area contributed by atoms with E-state index in [-0.39, 0.29) is 12.8 Å². The molecule has 2 N–H and O–H groups in total. The van der Waals surface area contributed by atoms with Crippen LogP contribution in [0.2, 0.25) is 0 Å². The fourth-order valence-corrected chi connectivity index (χ4v) is 1.89. The first-order valence-electron chi connectivity index (χ1n) is 5.43. The summed E-state index contributed by atoms with van der Waals surface area (Å²) in [5, 5.41) is 17.6. The molecule has 1 atom stereocenters. The largest absolute Gasteiger partial charge is 0.481 e. The van der Waals surface area contributed by atoms with Gasteiger partial charge in [0.1, 0.15) is 0 Å². The summed E-state index contributed by atoms with van der Waals surface area (Å²) < 4.78 is 0. The predicted molar refractivity (Wildman–Crippen MR) is 62.9 cm³/mol. The molecule has 0 amide bonds. The van der Waals surface area contributed by atoms with Crippen LogP contribution in [-0.2, 0) is 15.0 Å². The SMILES string of the molecule is C[C@@](CCC(=O)O)(CC(=O)O)c1ccccc1. The van der Waals surface area contributed by atoms with Gasteiger partial charge < -0.3 is 10.2 Å². The molecular formula is C13H16O4. The molecule has 1 aromatic rings. The van der Waals surface area contributed by atoms with Crippen LogP contribution in [0.3, 0.4) is 0 Å². The topological polar surface area (TPSA) is 74.6 Å². The van der Waals surface area contributed by atoms with E-state index in [0.717, 1.165) is 5.56 Å². The number of rotatable bonds is 6. The van der Waals surface area contributed by atoms with E-state index < -0.39 is 17.4 Å². The van der Waals surface area contributed by atoms with E-state index in [1.54, 1.807) is 6.92 Å². The van der Waals surface area contributed by atoms with Gasteiger partial charge in [-0.05, 0) is 12.0 Å². The molecule has 4 nitrogen and oxygen atoms in total. The third-order valence-corrected chi connectivity index (χ3v) is 2.90. The van der Waals surface area contributed by atoms with Crippen LogP contribution in [0.15, 0.2) is 30.3 Å². The Kier molecular flexibility index (Phi) is 4.26. The van der Waals surface area contributed by atoms with Gasteiger partial charge in [-0.3, -0.25) is 9.59 Å². The maximum absolute atomic E-state index is 10.9. The van der Waals surface area contributed by atoms with E-state index in [4.69, 9.17) is 10.2 Å². The molecule has 4 heteroatoms. The summed E-state index contributed by atoms with van der Waals surface area (Å²) in [6, 6.07) is 9.18. The van der Waals surface area contributed by atoms with Crippen molar-refractivity contribution < 1.29 is 19.8 Å². The number of carboxylic acids is 2. The third-order valence-electron chi connectivity index (χ3n) is 2.90. The summed E-state index contributed by atoms with van der Waals surface area (Å²) in [6.07, 6.45) is 0.224. The highest BCUT2D eigenvalue weighted by Gasteiger charge is 2.29. The summed E-state index contributed by atoms with van der Waals surface area (Å²) in [5.41, 5.74) is 0.231. The van der Waals surface area contributed by atoms with E-state index in [0.29, 0.717) is 6.42 Å². The van der Waals surface area contributed by atoms with E-state index >= 15 is 0 Å². The second-order valence-electron chi connectivity index (χ2n) is 4.39. The van der Waals surface area contributed by atoms with Gasteiger partial charge in [-0.15, -0.1) is 0 Å². The fourth-order valence-electron chi connectivity index (χ4n) is 1.89. The predicted octanol–water partition coefficient (Wildman–Crippen LogP) is 2.28. The first-order valence-corrected chi connectivity index (χ1v) is 5.43. The van der Waals surface area contributed by atoms with E-state index in [1.165, 1.54) is 0 Å². The molecule has 0 radical (unpaired) electrons. The number of aliphatic carboxylic acids is 2. The molecule has 0 aromatic heterocycles. The molecule has 1 aromatic carbocycles. The van der Waals surface area contributed by atoms with Crippen LogP contribution in [-0.4, -0.2) is 22.2 Å². The Hall–Kier alpha value is -1.84. The van der Waals surface area contributed by atoms with Gasteiger partial charge in [0.2, 0.25) is 0 Å². The third kappa shape index (κ3) is 3.90. The van der Waals surface area contributed by atoms with Crippen molar-refractivity contribution in [3.8, 4) is 0 Å². The summed E-state index contributed by atoms with van der Waals surface area (Å²) in [6.45, 7) is 1.79. The van der Waals surface area contributed by atoms with Crippen molar-refractivity contribution in [2.75, 3.05) is 0 Å². The Balaban J connectivity index is 2.93. The lowest BCUT2D eigenvalue weighted by Crippen LogP contribution is -2.26. The van der Waals surface area contributed by atoms with Crippen LogP contribution in [0, 0.1) is 0 Å². The van der Waals surface area contributed by atoms with Crippen LogP contribution in [0.25, 0.3) is 0 Å². The van der Waals surface area contributed by atoms with Crippen molar-refractivity contribution in [1.29, 1.82) is 0 Å². The Labute approximate surface area is 99.9 Å². The standard InChI is InChI=1S/C13H16O4/c1-13(9-12(16)17,8-7-11(14)15)10-5-3-2-4-6-10/h2-6H,7-9H2,1H3,(H,14,15)(H,16,17)/t13-/m1/s1. The van der Waals surface area contributed by atoms with Crippen LogP contribution >= 0.6 is 0 Å². The normalized spacial score (nSPS) is 13.9. The maximum Gasteiger partial charge on any atom is 0.304 e. The Morgan fingerprint density at radius 3 is 2.18 bits per heavy atom. The molecule has 0 aliphatic heterocycles. The molecule has 0 saturated carbocycles. The molecule has 0 aliphatic carbocycles. The van der Waals surface area contributed by atoms with Crippen molar-refractivity contribution in [2.45, 2.75) is 31.6 Å².